The van der Waals surface area contributed by atoms with Crippen LogP contribution in [0.2, 0.25) is 0 Å². The highest BCUT2D eigenvalue weighted by atomic mass is 32.2. The maximum Gasteiger partial charge on any atom is 0.324 e. The SMILES string of the molecule is C[C@@H](c1ccc(S(C)(=O)=O)cc1)N(C)CC(=O)N1CCNC1=O. The van der Waals surface area contributed by atoms with E-state index in [1.165, 1.54) is 4.90 Å². The molecule has 126 valence electrons. The Morgan fingerprint density at radius 1 is 1.35 bits per heavy atom. The molecule has 0 spiro atoms. The molecule has 23 heavy (non-hydrogen) atoms. The summed E-state index contributed by atoms with van der Waals surface area (Å²) in [6.07, 6.45) is 1.16. The molecule has 1 saturated heterocycles. The predicted molar refractivity (Wildman–Crippen MR) is 85.7 cm³/mol. The normalized spacial score (nSPS) is 16.5. The lowest BCUT2D eigenvalue weighted by molar-refractivity contribution is -0.128. The number of nitrogens with one attached hydrogen (secondary N) is 1. The molecule has 0 aliphatic carbocycles. The van der Waals surface area contributed by atoms with Crippen LogP contribution in [0.25, 0.3) is 0 Å². The van der Waals surface area contributed by atoms with E-state index in [1.807, 2.05) is 11.8 Å². The van der Waals surface area contributed by atoms with E-state index in [2.05, 4.69) is 5.32 Å². The van der Waals surface area contributed by atoms with Gasteiger partial charge in [-0.25, -0.2) is 13.2 Å². The summed E-state index contributed by atoms with van der Waals surface area (Å²) in [5.41, 5.74) is 0.901. The average molecular weight is 339 g/mol. The van der Waals surface area contributed by atoms with Crippen molar-refractivity contribution in [2.24, 2.45) is 0 Å². The van der Waals surface area contributed by atoms with Crippen LogP contribution in [-0.2, 0) is 14.6 Å². The van der Waals surface area contributed by atoms with Crippen molar-refractivity contribution in [3.63, 3.8) is 0 Å². The van der Waals surface area contributed by atoms with Crippen molar-refractivity contribution in [3.8, 4) is 0 Å². The second-order valence-corrected chi connectivity index (χ2v) is 7.73. The summed E-state index contributed by atoms with van der Waals surface area (Å²) >= 11 is 0. The summed E-state index contributed by atoms with van der Waals surface area (Å²) in [5, 5.41) is 2.60. The lowest BCUT2D eigenvalue weighted by atomic mass is 10.1. The largest absolute Gasteiger partial charge is 0.336 e. The fourth-order valence-corrected chi connectivity index (χ4v) is 3.02. The number of sulfone groups is 1. The highest BCUT2D eigenvalue weighted by Crippen LogP contribution is 2.20. The summed E-state index contributed by atoms with van der Waals surface area (Å²) in [5.74, 6) is -0.248. The summed E-state index contributed by atoms with van der Waals surface area (Å²) in [6.45, 7) is 2.91. The molecular formula is C15H21N3O4S. The Labute approximate surface area is 136 Å². The minimum absolute atomic E-state index is 0.0850. The number of rotatable bonds is 5. The van der Waals surface area contributed by atoms with Crippen molar-refractivity contribution < 1.29 is 18.0 Å². The predicted octanol–water partition coefficient (Wildman–Crippen LogP) is 0.635. The van der Waals surface area contributed by atoms with Crippen molar-refractivity contribution in [2.45, 2.75) is 17.9 Å². The molecule has 1 fully saturated rings. The monoisotopic (exact) mass is 339 g/mol. The lowest BCUT2D eigenvalue weighted by Gasteiger charge is -2.26. The Kier molecular flexibility index (Phi) is 5.06. The van der Waals surface area contributed by atoms with Crippen LogP contribution in [0.15, 0.2) is 29.2 Å². The quantitative estimate of drug-likeness (QED) is 0.850. The summed E-state index contributed by atoms with van der Waals surface area (Å²) in [6, 6.07) is 6.16. The molecule has 1 aliphatic heterocycles. The number of imide groups is 1. The van der Waals surface area contributed by atoms with Crippen LogP contribution in [0, 0.1) is 0 Å². The fraction of sp³-hybridized carbons (Fsp3) is 0.467. The smallest absolute Gasteiger partial charge is 0.324 e. The molecule has 8 heteroatoms. The Morgan fingerprint density at radius 2 is 1.96 bits per heavy atom. The molecule has 7 nitrogen and oxygen atoms in total. The maximum atomic E-state index is 12.1. The molecule has 1 aliphatic rings. The summed E-state index contributed by atoms with van der Waals surface area (Å²) in [7, 11) is -1.43. The zero-order valence-corrected chi connectivity index (χ0v) is 14.3. The van der Waals surface area contributed by atoms with Crippen molar-refractivity contribution in [1.82, 2.24) is 15.1 Å². The number of hydrogen-bond donors (Lipinski definition) is 1. The second-order valence-electron chi connectivity index (χ2n) is 5.71. The van der Waals surface area contributed by atoms with Gasteiger partial charge in [-0.3, -0.25) is 14.6 Å². The Balaban J connectivity index is 2.03. The topological polar surface area (TPSA) is 86.8 Å². The van der Waals surface area contributed by atoms with E-state index in [4.69, 9.17) is 0 Å². The zero-order valence-electron chi connectivity index (χ0n) is 13.4. The van der Waals surface area contributed by atoms with Gasteiger partial charge in [-0.1, -0.05) is 12.1 Å². The fourth-order valence-electron chi connectivity index (χ4n) is 2.39. The molecule has 1 aromatic rings. The van der Waals surface area contributed by atoms with E-state index in [9.17, 15) is 18.0 Å². The third-order valence-electron chi connectivity index (χ3n) is 3.99. The van der Waals surface area contributed by atoms with E-state index < -0.39 is 9.84 Å². The third-order valence-corrected chi connectivity index (χ3v) is 5.12. The Hall–Kier alpha value is -1.93. The van der Waals surface area contributed by atoms with E-state index in [1.54, 1.807) is 31.3 Å². The molecule has 1 aromatic carbocycles. The van der Waals surface area contributed by atoms with E-state index in [-0.39, 0.29) is 29.4 Å². The maximum absolute atomic E-state index is 12.1. The first kappa shape index (κ1) is 17.4. The molecular weight excluding hydrogens is 318 g/mol. The number of hydrogen-bond acceptors (Lipinski definition) is 5. The van der Waals surface area contributed by atoms with Crippen LogP contribution in [-0.4, -0.2) is 63.1 Å². The van der Waals surface area contributed by atoms with Gasteiger partial charge in [0, 0.05) is 25.4 Å². The van der Waals surface area contributed by atoms with Crippen LogP contribution in [0.4, 0.5) is 4.79 Å². The van der Waals surface area contributed by atoms with Crippen LogP contribution < -0.4 is 5.32 Å². The van der Waals surface area contributed by atoms with Gasteiger partial charge in [0.05, 0.1) is 11.4 Å². The van der Waals surface area contributed by atoms with Crippen molar-refractivity contribution in [3.05, 3.63) is 29.8 Å². The first-order valence-electron chi connectivity index (χ1n) is 7.28. The van der Waals surface area contributed by atoms with Gasteiger partial charge in [0.15, 0.2) is 9.84 Å². The van der Waals surface area contributed by atoms with Crippen molar-refractivity contribution >= 4 is 21.8 Å². The standard InChI is InChI=1S/C15H21N3O4S/c1-11(12-4-6-13(7-5-12)23(3,21)22)17(2)10-14(19)18-9-8-16-15(18)20/h4-7,11H,8-10H2,1-3H3,(H,16,20)/t11-/m0/s1. The van der Waals surface area contributed by atoms with E-state index in [0.717, 1.165) is 11.8 Å². The lowest BCUT2D eigenvalue weighted by Crippen LogP contribution is -2.41. The molecule has 0 bridgehead atoms. The van der Waals surface area contributed by atoms with Crippen LogP contribution in [0.1, 0.15) is 18.5 Å². The molecule has 0 aromatic heterocycles. The van der Waals surface area contributed by atoms with Gasteiger partial charge in [-0.05, 0) is 31.7 Å². The minimum atomic E-state index is -3.22. The van der Waals surface area contributed by atoms with Crippen molar-refractivity contribution in [2.75, 3.05) is 32.9 Å². The molecule has 0 saturated carbocycles. The number of benzene rings is 1. The summed E-state index contributed by atoms with van der Waals surface area (Å²) in [4.78, 5) is 26.9. The van der Waals surface area contributed by atoms with E-state index >= 15 is 0 Å². The van der Waals surface area contributed by atoms with Gasteiger partial charge in [-0.15, -0.1) is 0 Å². The van der Waals surface area contributed by atoms with E-state index in [0.29, 0.717) is 13.1 Å². The first-order valence-corrected chi connectivity index (χ1v) is 9.17. The number of likely N-dealkylation sites (N-methyl/N-ethyl adjacent to an activating group) is 1. The number of amides is 3. The average Bonchev–Trinajstić information content (AvgIpc) is 2.92. The summed E-state index contributed by atoms with van der Waals surface area (Å²) < 4.78 is 22.9. The van der Waals surface area contributed by atoms with Gasteiger partial charge in [0.1, 0.15) is 0 Å². The van der Waals surface area contributed by atoms with Crippen LogP contribution in [0.5, 0.6) is 0 Å². The molecule has 0 unspecified atom stereocenters. The molecule has 1 N–H and O–H groups in total. The highest BCUT2D eigenvalue weighted by molar-refractivity contribution is 7.90. The van der Waals surface area contributed by atoms with Gasteiger partial charge in [0.2, 0.25) is 5.91 Å². The van der Waals surface area contributed by atoms with Crippen LogP contribution in [0.3, 0.4) is 0 Å². The number of carbonyl (C=O) groups excluding carboxylic acids is 2. The molecule has 1 atom stereocenters. The van der Waals surface area contributed by atoms with Gasteiger partial charge < -0.3 is 5.32 Å². The van der Waals surface area contributed by atoms with Gasteiger partial charge in [0.25, 0.3) is 0 Å². The Morgan fingerprint density at radius 3 is 2.43 bits per heavy atom. The minimum Gasteiger partial charge on any atom is -0.336 e. The molecule has 3 amide bonds. The number of carbonyl (C=O) groups is 2. The van der Waals surface area contributed by atoms with Gasteiger partial charge >= 0.3 is 6.03 Å². The second kappa shape index (κ2) is 6.67. The molecule has 2 rings (SSSR count). The molecule has 0 radical (unpaired) electrons. The number of nitrogens with zero attached hydrogens (tertiary/aromatic N) is 2. The number of urea groups is 1. The Bertz CT molecular complexity index is 700. The molecule has 1 heterocycles. The van der Waals surface area contributed by atoms with Crippen LogP contribution >= 0.6 is 0 Å². The highest BCUT2D eigenvalue weighted by Gasteiger charge is 2.27. The zero-order chi connectivity index (χ0) is 17.2. The van der Waals surface area contributed by atoms with Gasteiger partial charge in [-0.2, -0.15) is 0 Å². The van der Waals surface area contributed by atoms with Crippen molar-refractivity contribution in [1.29, 1.82) is 0 Å². The first-order chi connectivity index (χ1) is 10.7. The third kappa shape index (κ3) is 4.08.